The third-order valence-corrected chi connectivity index (χ3v) is 6.02. The molecular weight excluding hydrogens is 246 g/mol. The van der Waals surface area contributed by atoms with E-state index in [1.807, 2.05) is 0 Å². The highest BCUT2D eigenvalue weighted by molar-refractivity contribution is 4.89. The highest BCUT2D eigenvalue weighted by Crippen LogP contribution is 2.29. The van der Waals surface area contributed by atoms with Crippen molar-refractivity contribution < 1.29 is 0 Å². The second-order valence-corrected chi connectivity index (χ2v) is 7.49. The smallest absolute Gasteiger partial charge is 0.0166 e. The third-order valence-electron chi connectivity index (χ3n) is 6.02. The van der Waals surface area contributed by atoms with Gasteiger partial charge in [-0.2, -0.15) is 0 Å². The van der Waals surface area contributed by atoms with E-state index >= 15 is 0 Å². The van der Waals surface area contributed by atoms with Gasteiger partial charge in [-0.05, 0) is 38.6 Å². The molecule has 0 unspecified atom stereocenters. The molecule has 2 N–H and O–H groups in total. The third kappa shape index (κ3) is 3.75. The van der Waals surface area contributed by atoms with Crippen LogP contribution < -0.4 is 5.73 Å². The minimum atomic E-state index is 0.167. The average molecular weight is 279 g/mol. The first kappa shape index (κ1) is 14.8. The predicted molar refractivity (Wildman–Crippen MR) is 84.9 cm³/mol. The van der Waals surface area contributed by atoms with Gasteiger partial charge in [-0.3, -0.25) is 4.90 Å². The molecule has 116 valence electrons. The lowest BCUT2D eigenvalue weighted by atomic mass is 9.80. The van der Waals surface area contributed by atoms with Crippen LogP contribution in [-0.2, 0) is 0 Å². The zero-order chi connectivity index (χ0) is 13.8. The SMILES string of the molecule is NC1(CCN2CCN(C3CCCC3)CC2)CCCCC1. The molecule has 20 heavy (non-hydrogen) atoms. The summed E-state index contributed by atoms with van der Waals surface area (Å²) in [6.45, 7) is 6.36. The summed E-state index contributed by atoms with van der Waals surface area (Å²) in [5.41, 5.74) is 6.73. The van der Waals surface area contributed by atoms with Crippen LogP contribution in [0.5, 0.6) is 0 Å². The van der Waals surface area contributed by atoms with Crippen LogP contribution in [0, 0.1) is 0 Å². The van der Waals surface area contributed by atoms with Crippen LogP contribution in [0.25, 0.3) is 0 Å². The number of piperazine rings is 1. The van der Waals surface area contributed by atoms with Crippen LogP contribution in [0.3, 0.4) is 0 Å². The van der Waals surface area contributed by atoms with Gasteiger partial charge in [0.15, 0.2) is 0 Å². The fraction of sp³-hybridized carbons (Fsp3) is 1.00. The number of hydrogen-bond acceptors (Lipinski definition) is 3. The van der Waals surface area contributed by atoms with Gasteiger partial charge in [0.2, 0.25) is 0 Å². The molecule has 1 saturated heterocycles. The molecule has 3 nitrogen and oxygen atoms in total. The van der Waals surface area contributed by atoms with E-state index in [1.165, 1.54) is 96.9 Å². The molecule has 0 aromatic heterocycles. The monoisotopic (exact) mass is 279 g/mol. The topological polar surface area (TPSA) is 32.5 Å². The Labute approximate surface area is 124 Å². The van der Waals surface area contributed by atoms with Gasteiger partial charge in [0.25, 0.3) is 0 Å². The first-order valence-corrected chi connectivity index (χ1v) is 9.01. The van der Waals surface area contributed by atoms with Gasteiger partial charge in [-0.1, -0.05) is 32.1 Å². The highest BCUT2D eigenvalue weighted by atomic mass is 15.3. The fourth-order valence-corrected chi connectivity index (χ4v) is 4.51. The Bertz CT molecular complexity index is 285. The Hall–Kier alpha value is -0.120. The summed E-state index contributed by atoms with van der Waals surface area (Å²) < 4.78 is 0. The van der Waals surface area contributed by atoms with Crippen molar-refractivity contribution in [2.24, 2.45) is 5.73 Å². The number of nitrogens with two attached hydrogens (primary N) is 1. The molecule has 0 atom stereocenters. The summed E-state index contributed by atoms with van der Waals surface area (Å²) in [7, 11) is 0. The normalized spacial score (nSPS) is 29.9. The van der Waals surface area contributed by atoms with Gasteiger partial charge >= 0.3 is 0 Å². The van der Waals surface area contributed by atoms with Crippen molar-refractivity contribution in [3.8, 4) is 0 Å². The molecule has 0 bridgehead atoms. The predicted octanol–water partition coefficient (Wildman–Crippen LogP) is 2.60. The summed E-state index contributed by atoms with van der Waals surface area (Å²) >= 11 is 0. The van der Waals surface area contributed by atoms with E-state index in [0.29, 0.717) is 0 Å². The second kappa shape index (κ2) is 6.76. The molecule has 3 fully saturated rings. The molecule has 1 heterocycles. The Morgan fingerprint density at radius 1 is 0.850 bits per heavy atom. The molecule has 2 aliphatic carbocycles. The lowest BCUT2D eigenvalue weighted by molar-refractivity contribution is 0.0898. The standard InChI is InChI=1S/C17H33N3/c18-17(8-4-1-5-9-17)10-11-19-12-14-20(15-13-19)16-6-2-3-7-16/h16H,1-15,18H2. The zero-order valence-corrected chi connectivity index (χ0v) is 13.2. The highest BCUT2D eigenvalue weighted by Gasteiger charge is 2.29. The van der Waals surface area contributed by atoms with Gasteiger partial charge in [0, 0.05) is 37.8 Å². The van der Waals surface area contributed by atoms with Crippen molar-refractivity contribution >= 4 is 0 Å². The summed E-state index contributed by atoms with van der Waals surface area (Å²) in [5.74, 6) is 0. The van der Waals surface area contributed by atoms with Gasteiger partial charge in [-0.25, -0.2) is 0 Å². The summed E-state index contributed by atoms with van der Waals surface area (Å²) in [6.07, 6.45) is 13.7. The minimum Gasteiger partial charge on any atom is -0.325 e. The van der Waals surface area contributed by atoms with Crippen molar-refractivity contribution in [3.63, 3.8) is 0 Å². The van der Waals surface area contributed by atoms with Gasteiger partial charge in [0.1, 0.15) is 0 Å². The second-order valence-electron chi connectivity index (χ2n) is 7.49. The van der Waals surface area contributed by atoms with Crippen LogP contribution in [0.2, 0.25) is 0 Å². The van der Waals surface area contributed by atoms with Gasteiger partial charge in [-0.15, -0.1) is 0 Å². The van der Waals surface area contributed by atoms with E-state index < -0.39 is 0 Å². The molecule has 0 radical (unpaired) electrons. The first-order valence-electron chi connectivity index (χ1n) is 9.01. The molecule has 2 saturated carbocycles. The van der Waals surface area contributed by atoms with Gasteiger partial charge < -0.3 is 10.6 Å². The van der Waals surface area contributed by atoms with E-state index in [0.717, 1.165) is 6.04 Å². The minimum absolute atomic E-state index is 0.167. The molecule has 0 amide bonds. The van der Waals surface area contributed by atoms with Crippen molar-refractivity contribution in [3.05, 3.63) is 0 Å². The molecule has 1 aliphatic heterocycles. The summed E-state index contributed by atoms with van der Waals surface area (Å²) in [4.78, 5) is 5.41. The molecular formula is C17H33N3. The molecule has 0 spiro atoms. The Balaban J connectivity index is 1.37. The molecule has 0 aromatic rings. The Morgan fingerprint density at radius 2 is 1.50 bits per heavy atom. The van der Waals surface area contributed by atoms with Crippen LogP contribution in [-0.4, -0.2) is 54.1 Å². The summed E-state index contributed by atoms with van der Waals surface area (Å²) in [6, 6.07) is 0.913. The lowest BCUT2D eigenvalue weighted by Gasteiger charge is -2.40. The lowest BCUT2D eigenvalue weighted by Crippen LogP contribution is -2.51. The van der Waals surface area contributed by atoms with Crippen LogP contribution in [0.15, 0.2) is 0 Å². The van der Waals surface area contributed by atoms with Crippen molar-refractivity contribution in [1.29, 1.82) is 0 Å². The fourth-order valence-electron chi connectivity index (χ4n) is 4.51. The van der Waals surface area contributed by atoms with Crippen molar-refractivity contribution in [2.75, 3.05) is 32.7 Å². The van der Waals surface area contributed by atoms with Crippen LogP contribution >= 0.6 is 0 Å². The van der Waals surface area contributed by atoms with E-state index in [-0.39, 0.29) is 5.54 Å². The van der Waals surface area contributed by atoms with Crippen LogP contribution in [0.4, 0.5) is 0 Å². The number of hydrogen-bond donors (Lipinski definition) is 1. The maximum absolute atomic E-state index is 6.57. The average Bonchev–Trinajstić information content (AvgIpc) is 3.01. The molecule has 3 heteroatoms. The van der Waals surface area contributed by atoms with E-state index in [4.69, 9.17) is 5.73 Å². The number of nitrogens with zero attached hydrogens (tertiary/aromatic N) is 2. The largest absolute Gasteiger partial charge is 0.325 e. The quantitative estimate of drug-likeness (QED) is 0.858. The van der Waals surface area contributed by atoms with Crippen molar-refractivity contribution in [2.45, 2.75) is 75.8 Å². The zero-order valence-electron chi connectivity index (χ0n) is 13.2. The summed E-state index contributed by atoms with van der Waals surface area (Å²) in [5, 5.41) is 0. The maximum atomic E-state index is 6.57. The van der Waals surface area contributed by atoms with Crippen LogP contribution in [0.1, 0.15) is 64.2 Å². The van der Waals surface area contributed by atoms with Gasteiger partial charge in [0.05, 0.1) is 0 Å². The molecule has 3 rings (SSSR count). The Kier molecular flexibility index (Phi) is 5.00. The van der Waals surface area contributed by atoms with E-state index in [1.54, 1.807) is 0 Å². The Morgan fingerprint density at radius 3 is 2.15 bits per heavy atom. The molecule has 0 aromatic carbocycles. The molecule has 3 aliphatic rings. The number of rotatable bonds is 4. The van der Waals surface area contributed by atoms with E-state index in [2.05, 4.69) is 9.80 Å². The van der Waals surface area contributed by atoms with Crippen molar-refractivity contribution in [1.82, 2.24) is 9.80 Å². The maximum Gasteiger partial charge on any atom is 0.0166 e. The van der Waals surface area contributed by atoms with E-state index in [9.17, 15) is 0 Å². The first-order chi connectivity index (χ1) is 9.75.